The van der Waals surface area contributed by atoms with Gasteiger partial charge in [0.25, 0.3) is 0 Å². The van der Waals surface area contributed by atoms with E-state index in [1.54, 1.807) is 12.1 Å². The third-order valence-electron chi connectivity index (χ3n) is 3.91. The van der Waals surface area contributed by atoms with Gasteiger partial charge in [0.05, 0.1) is 6.04 Å². The number of rotatable bonds is 6. The van der Waals surface area contributed by atoms with Gasteiger partial charge in [0.15, 0.2) is 0 Å². The van der Waals surface area contributed by atoms with E-state index in [1.165, 1.54) is 12.1 Å². The first-order valence-electron chi connectivity index (χ1n) is 7.29. The van der Waals surface area contributed by atoms with Crippen LogP contribution >= 0.6 is 0 Å². The molecule has 112 valence electrons. The molecule has 0 aromatic heterocycles. The van der Waals surface area contributed by atoms with E-state index in [2.05, 4.69) is 24.4 Å². The molecule has 2 N–H and O–H groups in total. The van der Waals surface area contributed by atoms with Crippen LogP contribution < -0.4 is 5.32 Å². The molecule has 3 heteroatoms. The number of halogens is 1. The van der Waals surface area contributed by atoms with Gasteiger partial charge in [-0.3, -0.25) is 0 Å². The molecule has 0 radical (unpaired) electrons. The van der Waals surface area contributed by atoms with Crippen LogP contribution in [0.4, 0.5) is 4.39 Å². The molecule has 2 aromatic rings. The van der Waals surface area contributed by atoms with Gasteiger partial charge in [-0.15, -0.1) is 0 Å². The number of aliphatic hydroxyl groups is 1. The van der Waals surface area contributed by atoms with Gasteiger partial charge >= 0.3 is 0 Å². The molecule has 0 aliphatic rings. The van der Waals surface area contributed by atoms with Crippen LogP contribution in [-0.2, 0) is 0 Å². The molecule has 3 unspecified atom stereocenters. The Morgan fingerprint density at radius 3 is 2.10 bits per heavy atom. The lowest BCUT2D eigenvalue weighted by atomic mass is 9.95. The first-order chi connectivity index (χ1) is 10.1. The molecule has 2 aromatic carbocycles. The van der Waals surface area contributed by atoms with E-state index in [0.717, 1.165) is 11.1 Å². The van der Waals surface area contributed by atoms with Crippen LogP contribution in [-0.4, -0.2) is 17.8 Å². The van der Waals surface area contributed by atoms with E-state index >= 15 is 0 Å². The highest BCUT2D eigenvalue weighted by molar-refractivity contribution is 5.32. The molecule has 2 rings (SSSR count). The minimum absolute atomic E-state index is 0.0178. The van der Waals surface area contributed by atoms with Crippen LogP contribution in [0.5, 0.6) is 0 Å². The first-order valence-corrected chi connectivity index (χ1v) is 7.29. The third kappa shape index (κ3) is 4.13. The van der Waals surface area contributed by atoms with Gasteiger partial charge in [-0.1, -0.05) is 49.4 Å². The van der Waals surface area contributed by atoms with Crippen LogP contribution in [0.15, 0.2) is 54.6 Å². The summed E-state index contributed by atoms with van der Waals surface area (Å²) in [5.74, 6) is -0.0843. The minimum Gasteiger partial charge on any atom is -0.396 e. The fourth-order valence-electron chi connectivity index (χ4n) is 2.27. The van der Waals surface area contributed by atoms with E-state index in [-0.39, 0.29) is 30.4 Å². The molecular weight excluding hydrogens is 265 g/mol. The summed E-state index contributed by atoms with van der Waals surface area (Å²) in [7, 11) is 0. The van der Waals surface area contributed by atoms with Crippen LogP contribution in [0.25, 0.3) is 0 Å². The van der Waals surface area contributed by atoms with Gasteiger partial charge in [-0.25, -0.2) is 4.39 Å². The molecule has 0 bridgehead atoms. The van der Waals surface area contributed by atoms with Gasteiger partial charge in [-0.05, 0) is 36.1 Å². The molecule has 21 heavy (non-hydrogen) atoms. The second-order valence-electron chi connectivity index (χ2n) is 5.51. The van der Waals surface area contributed by atoms with E-state index in [4.69, 9.17) is 0 Å². The number of aliphatic hydroxyl groups excluding tert-OH is 1. The second kappa shape index (κ2) is 7.34. The van der Waals surface area contributed by atoms with Gasteiger partial charge in [0, 0.05) is 12.6 Å². The quantitative estimate of drug-likeness (QED) is 0.852. The van der Waals surface area contributed by atoms with Gasteiger partial charge in [0.2, 0.25) is 0 Å². The number of benzene rings is 2. The van der Waals surface area contributed by atoms with Crippen molar-refractivity contribution in [3.05, 3.63) is 71.5 Å². The Kier molecular flexibility index (Phi) is 5.48. The molecule has 3 atom stereocenters. The van der Waals surface area contributed by atoms with Crippen molar-refractivity contribution in [2.45, 2.75) is 25.9 Å². The van der Waals surface area contributed by atoms with Crippen molar-refractivity contribution in [1.29, 1.82) is 0 Å². The first kappa shape index (κ1) is 15.7. The Morgan fingerprint density at radius 1 is 0.952 bits per heavy atom. The van der Waals surface area contributed by atoms with Crippen LogP contribution in [0.2, 0.25) is 0 Å². The zero-order chi connectivity index (χ0) is 15.2. The molecule has 0 aliphatic carbocycles. The summed E-state index contributed by atoms with van der Waals surface area (Å²) >= 11 is 0. The third-order valence-corrected chi connectivity index (χ3v) is 3.91. The molecule has 0 heterocycles. The van der Waals surface area contributed by atoms with Crippen molar-refractivity contribution < 1.29 is 9.50 Å². The van der Waals surface area contributed by atoms with Gasteiger partial charge < -0.3 is 10.4 Å². The van der Waals surface area contributed by atoms with E-state index in [9.17, 15) is 9.50 Å². The molecule has 0 fully saturated rings. The highest BCUT2D eigenvalue weighted by Gasteiger charge is 2.19. The summed E-state index contributed by atoms with van der Waals surface area (Å²) in [6.07, 6.45) is 0. The smallest absolute Gasteiger partial charge is 0.123 e. The Bertz CT molecular complexity index is 541. The predicted octanol–water partition coefficient (Wildman–Crippen LogP) is 3.52. The Morgan fingerprint density at radius 2 is 1.52 bits per heavy atom. The zero-order valence-electron chi connectivity index (χ0n) is 12.5. The standard InChI is InChI=1S/C18H22FNO/c1-13(12-21)14(2)20-18(15-6-4-3-5-7-15)16-8-10-17(19)11-9-16/h3-11,13-14,18,20-21H,12H2,1-2H3. The molecular formula is C18H22FNO. The maximum absolute atomic E-state index is 13.1. The van der Waals surface area contributed by atoms with Gasteiger partial charge in [0.1, 0.15) is 5.82 Å². The van der Waals surface area contributed by atoms with E-state index in [0.29, 0.717) is 0 Å². The maximum Gasteiger partial charge on any atom is 0.123 e. The van der Waals surface area contributed by atoms with Crippen molar-refractivity contribution in [2.24, 2.45) is 5.92 Å². The molecule has 0 spiro atoms. The van der Waals surface area contributed by atoms with Crippen molar-refractivity contribution in [3.63, 3.8) is 0 Å². The SMILES string of the molecule is CC(CO)C(C)NC(c1ccccc1)c1ccc(F)cc1. The average molecular weight is 287 g/mol. The largest absolute Gasteiger partial charge is 0.396 e. The minimum atomic E-state index is -0.234. The normalized spacial score (nSPS) is 15.4. The Labute approximate surface area is 125 Å². The molecule has 0 aliphatic heterocycles. The predicted molar refractivity (Wildman–Crippen MR) is 83.5 cm³/mol. The van der Waals surface area contributed by atoms with Crippen LogP contribution in [0, 0.1) is 11.7 Å². The van der Waals surface area contributed by atoms with Crippen molar-refractivity contribution >= 4 is 0 Å². The topological polar surface area (TPSA) is 32.3 Å². The fourth-order valence-corrected chi connectivity index (χ4v) is 2.27. The lowest BCUT2D eigenvalue weighted by molar-refractivity contribution is 0.203. The van der Waals surface area contributed by atoms with Gasteiger partial charge in [-0.2, -0.15) is 0 Å². The molecule has 0 saturated carbocycles. The summed E-state index contributed by atoms with van der Waals surface area (Å²) in [6, 6.07) is 16.8. The summed E-state index contributed by atoms with van der Waals surface area (Å²) in [4.78, 5) is 0. The average Bonchev–Trinajstić information content (AvgIpc) is 2.53. The molecule has 0 amide bonds. The van der Waals surface area contributed by atoms with Crippen molar-refractivity contribution in [2.75, 3.05) is 6.61 Å². The van der Waals surface area contributed by atoms with Crippen molar-refractivity contribution in [1.82, 2.24) is 5.32 Å². The van der Waals surface area contributed by atoms with Crippen LogP contribution in [0.1, 0.15) is 31.0 Å². The summed E-state index contributed by atoms with van der Waals surface area (Å²) in [6.45, 7) is 4.20. The number of hydrogen-bond acceptors (Lipinski definition) is 2. The number of nitrogens with one attached hydrogen (secondary N) is 1. The van der Waals surface area contributed by atoms with E-state index in [1.807, 2.05) is 25.1 Å². The second-order valence-corrected chi connectivity index (χ2v) is 5.51. The lowest BCUT2D eigenvalue weighted by Gasteiger charge is -2.27. The Hall–Kier alpha value is -1.71. The fraction of sp³-hybridized carbons (Fsp3) is 0.333. The lowest BCUT2D eigenvalue weighted by Crippen LogP contribution is -2.37. The maximum atomic E-state index is 13.1. The number of hydrogen-bond donors (Lipinski definition) is 2. The Balaban J connectivity index is 2.29. The highest BCUT2D eigenvalue weighted by atomic mass is 19.1. The van der Waals surface area contributed by atoms with E-state index < -0.39 is 0 Å². The summed E-state index contributed by atoms with van der Waals surface area (Å²) in [5, 5.41) is 12.8. The molecule has 2 nitrogen and oxygen atoms in total. The summed E-state index contributed by atoms with van der Waals surface area (Å²) in [5.41, 5.74) is 2.14. The highest BCUT2D eigenvalue weighted by Crippen LogP contribution is 2.23. The summed E-state index contributed by atoms with van der Waals surface area (Å²) < 4.78 is 13.1. The molecule has 0 saturated heterocycles. The van der Waals surface area contributed by atoms with Crippen LogP contribution in [0.3, 0.4) is 0 Å². The van der Waals surface area contributed by atoms with Crippen molar-refractivity contribution in [3.8, 4) is 0 Å². The zero-order valence-corrected chi connectivity index (χ0v) is 12.5. The monoisotopic (exact) mass is 287 g/mol.